The molecule has 1 aliphatic rings. The van der Waals surface area contributed by atoms with E-state index in [1.54, 1.807) is 0 Å². The van der Waals surface area contributed by atoms with Gasteiger partial charge in [0.1, 0.15) is 5.75 Å². The van der Waals surface area contributed by atoms with Crippen LogP contribution >= 0.6 is 11.8 Å². The number of thioether (sulfide) groups is 1. The van der Waals surface area contributed by atoms with Crippen molar-refractivity contribution in [2.24, 2.45) is 12.0 Å². The molecule has 3 rings (SSSR count). The molecule has 1 aliphatic heterocycles. The predicted octanol–water partition coefficient (Wildman–Crippen LogP) is 3.93. The van der Waals surface area contributed by atoms with E-state index in [-0.39, 0.29) is 5.91 Å². The Morgan fingerprint density at radius 2 is 2.00 bits per heavy atom. The third kappa shape index (κ3) is 3.79. The van der Waals surface area contributed by atoms with Gasteiger partial charge in [-0.05, 0) is 74.5 Å². The minimum atomic E-state index is -0.115. The van der Waals surface area contributed by atoms with E-state index in [0.29, 0.717) is 16.7 Å². The quantitative estimate of drug-likeness (QED) is 0.846. The van der Waals surface area contributed by atoms with Crippen LogP contribution < -0.4 is 10.1 Å². The van der Waals surface area contributed by atoms with Crippen molar-refractivity contribution in [2.75, 3.05) is 6.61 Å². The van der Waals surface area contributed by atoms with Gasteiger partial charge in [-0.25, -0.2) is 4.99 Å². The number of hydrogen-bond acceptors (Lipinski definition) is 4. The van der Waals surface area contributed by atoms with Gasteiger partial charge in [0, 0.05) is 18.4 Å². The highest BCUT2D eigenvalue weighted by Gasteiger charge is 2.24. The summed E-state index contributed by atoms with van der Waals surface area (Å²) in [6, 6.07) is 9.57. The van der Waals surface area contributed by atoms with Crippen LogP contribution in [0.3, 0.4) is 0 Å². The Balaban J connectivity index is 1.79. The molecule has 5 nitrogen and oxygen atoms in total. The Kier molecular flexibility index (Phi) is 4.99. The normalized spacial score (nSPS) is 17.4. The number of amidine groups is 1. The van der Waals surface area contributed by atoms with E-state index in [2.05, 4.69) is 27.9 Å². The van der Waals surface area contributed by atoms with Crippen molar-refractivity contribution in [3.8, 4) is 5.75 Å². The van der Waals surface area contributed by atoms with E-state index in [9.17, 15) is 4.79 Å². The first-order chi connectivity index (χ1) is 12.0. The van der Waals surface area contributed by atoms with Gasteiger partial charge in [0.05, 0.1) is 17.2 Å². The number of benzene rings is 1. The monoisotopic (exact) mass is 355 g/mol. The first-order valence-electron chi connectivity index (χ1n) is 8.13. The Bertz CT molecular complexity index is 864. The number of carbonyl (C=O) groups excluding carboxylic acids is 1. The van der Waals surface area contributed by atoms with Crippen LogP contribution in [0.4, 0.5) is 5.69 Å². The Labute approximate surface area is 151 Å². The first kappa shape index (κ1) is 17.4. The molecule has 1 N–H and O–H groups in total. The molecule has 130 valence electrons. The molecule has 0 radical (unpaired) electrons. The van der Waals surface area contributed by atoms with Gasteiger partial charge in [-0.1, -0.05) is 0 Å². The number of nitrogens with one attached hydrogen (secondary N) is 1. The molecular weight excluding hydrogens is 334 g/mol. The molecule has 2 aromatic rings. The summed E-state index contributed by atoms with van der Waals surface area (Å²) in [6.07, 6.45) is 1.92. The lowest BCUT2D eigenvalue weighted by atomic mass is 10.2. The van der Waals surface area contributed by atoms with Crippen LogP contribution in [0.25, 0.3) is 6.08 Å². The zero-order valence-corrected chi connectivity index (χ0v) is 15.6. The van der Waals surface area contributed by atoms with Gasteiger partial charge in [0.2, 0.25) is 0 Å². The Morgan fingerprint density at radius 3 is 2.60 bits per heavy atom. The topological polar surface area (TPSA) is 55.6 Å². The fourth-order valence-electron chi connectivity index (χ4n) is 2.55. The molecule has 0 unspecified atom stereocenters. The zero-order valence-electron chi connectivity index (χ0n) is 14.8. The SMILES string of the molecule is CCOc1ccc(N=C2NC(=O)C(=Cc3cc(C)n(C)c3C)S2)cc1. The molecular formula is C19H21N3O2S. The summed E-state index contributed by atoms with van der Waals surface area (Å²) in [5.74, 6) is 0.695. The third-order valence-corrected chi connectivity index (χ3v) is 5.04. The van der Waals surface area contributed by atoms with Crippen LogP contribution in [0, 0.1) is 13.8 Å². The van der Waals surface area contributed by atoms with E-state index in [1.807, 2.05) is 51.2 Å². The van der Waals surface area contributed by atoms with Crippen LogP contribution in [-0.4, -0.2) is 22.2 Å². The summed E-state index contributed by atoms with van der Waals surface area (Å²) >= 11 is 1.36. The van der Waals surface area contributed by atoms with Crippen molar-refractivity contribution in [2.45, 2.75) is 20.8 Å². The minimum Gasteiger partial charge on any atom is -0.494 e. The van der Waals surface area contributed by atoms with E-state index in [1.165, 1.54) is 11.8 Å². The van der Waals surface area contributed by atoms with Crippen LogP contribution in [0.5, 0.6) is 5.75 Å². The molecule has 0 aliphatic carbocycles. The lowest BCUT2D eigenvalue weighted by Gasteiger charge is -2.02. The highest BCUT2D eigenvalue weighted by molar-refractivity contribution is 8.18. The highest BCUT2D eigenvalue weighted by Crippen LogP contribution is 2.29. The third-order valence-electron chi connectivity index (χ3n) is 4.13. The summed E-state index contributed by atoms with van der Waals surface area (Å²) in [4.78, 5) is 17.4. The van der Waals surface area contributed by atoms with Crippen molar-refractivity contribution in [1.29, 1.82) is 0 Å². The number of hydrogen-bond donors (Lipinski definition) is 1. The largest absolute Gasteiger partial charge is 0.494 e. The van der Waals surface area contributed by atoms with E-state index in [4.69, 9.17) is 4.74 Å². The number of aromatic nitrogens is 1. The van der Waals surface area contributed by atoms with Crippen LogP contribution in [-0.2, 0) is 11.8 Å². The molecule has 0 spiro atoms. The second-order valence-electron chi connectivity index (χ2n) is 5.79. The van der Waals surface area contributed by atoms with Crippen molar-refractivity contribution in [3.05, 3.63) is 52.2 Å². The number of amides is 1. The fourth-order valence-corrected chi connectivity index (χ4v) is 3.39. The lowest BCUT2D eigenvalue weighted by Crippen LogP contribution is -2.19. The molecule has 1 amide bonds. The van der Waals surface area contributed by atoms with Crippen LogP contribution in [0.15, 0.2) is 40.2 Å². The first-order valence-corrected chi connectivity index (χ1v) is 8.95. The number of ether oxygens (including phenoxy) is 1. The summed E-state index contributed by atoms with van der Waals surface area (Å²) in [5.41, 5.74) is 4.13. The molecule has 25 heavy (non-hydrogen) atoms. The Hall–Kier alpha value is -2.47. The van der Waals surface area contributed by atoms with Crippen molar-refractivity contribution < 1.29 is 9.53 Å². The van der Waals surface area contributed by atoms with Gasteiger partial charge in [-0.3, -0.25) is 4.79 Å². The maximum atomic E-state index is 12.2. The van der Waals surface area contributed by atoms with Gasteiger partial charge in [-0.15, -0.1) is 0 Å². The number of nitrogens with zero attached hydrogens (tertiary/aromatic N) is 2. The smallest absolute Gasteiger partial charge is 0.264 e. The molecule has 1 aromatic carbocycles. The second kappa shape index (κ2) is 7.19. The fraction of sp³-hybridized carbons (Fsp3) is 0.263. The standard InChI is InChI=1S/C19H21N3O2S/c1-5-24-16-8-6-15(7-9-16)20-19-21-18(23)17(25-19)11-14-10-12(2)22(4)13(14)3/h6-11H,5H2,1-4H3,(H,20,21,23). The van der Waals surface area contributed by atoms with E-state index >= 15 is 0 Å². The lowest BCUT2D eigenvalue weighted by molar-refractivity contribution is -0.115. The minimum absolute atomic E-state index is 0.115. The number of rotatable bonds is 4. The van der Waals surface area contributed by atoms with Crippen LogP contribution in [0.1, 0.15) is 23.9 Å². The summed E-state index contributed by atoms with van der Waals surface area (Å²) < 4.78 is 7.53. The zero-order chi connectivity index (χ0) is 18.0. The summed E-state index contributed by atoms with van der Waals surface area (Å²) in [7, 11) is 2.02. The van der Waals surface area contributed by atoms with E-state index in [0.717, 1.165) is 28.4 Å². The maximum Gasteiger partial charge on any atom is 0.264 e. The van der Waals surface area contributed by atoms with Gasteiger partial charge >= 0.3 is 0 Å². The van der Waals surface area contributed by atoms with Gasteiger partial charge < -0.3 is 14.6 Å². The molecule has 0 atom stereocenters. The van der Waals surface area contributed by atoms with Crippen molar-refractivity contribution >= 4 is 34.6 Å². The van der Waals surface area contributed by atoms with Crippen LogP contribution in [0.2, 0.25) is 0 Å². The van der Waals surface area contributed by atoms with Gasteiger partial charge in [0.15, 0.2) is 5.17 Å². The average molecular weight is 355 g/mol. The maximum absolute atomic E-state index is 12.2. The molecule has 1 fully saturated rings. The highest BCUT2D eigenvalue weighted by atomic mass is 32.2. The second-order valence-corrected chi connectivity index (χ2v) is 6.82. The molecule has 1 aromatic heterocycles. The molecule has 1 saturated heterocycles. The van der Waals surface area contributed by atoms with Gasteiger partial charge in [-0.2, -0.15) is 0 Å². The number of aryl methyl sites for hydroxylation is 1. The van der Waals surface area contributed by atoms with Crippen molar-refractivity contribution in [3.63, 3.8) is 0 Å². The molecule has 6 heteroatoms. The van der Waals surface area contributed by atoms with E-state index < -0.39 is 0 Å². The number of carbonyl (C=O) groups is 1. The van der Waals surface area contributed by atoms with Crippen molar-refractivity contribution in [1.82, 2.24) is 9.88 Å². The molecule has 0 bridgehead atoms. The molecule has 2 heterocycles. The number of aliphatic imine (C=N–C) groups is 1. The summed E-state index contributed by atoms with van der Waals surface area (Å²) in [6.45, 7) is 6.68. The average Bonchev–Trinajstić information content (AvgIpc) is 3.04. The Morgan fingerprint density at radius 1 is 1.28 bits per heavy atom. The van der Waals surface area contributed by atoms with Gasteiger partial charge in [0.25, 0.3) is 5.91 Å². The predicted molar refractivity (Wildman–Crippen MR) is 103 cm³/mol. The summed E-state index contributed by atoms with van der Waals surface area (Å²) in [5, 5.41) is 3.41. The molecule has 0 saturated carbocycles.